The minimum atomic E-state index is -0.0439. The van der Waals surface area contributed by atoms with Gasteiger partial charge in [0.05, 0.1) is 23.8 Å². The van der Waals surface area contributed by atoms with E-state index in [9.17, 15) is 9.59 Å². The SMILES string of the molecule is Cn1cnc2cc(CC(=O)N3CCN(C(=O)NCC(C)(C)C)CC3)ccc21. The highest BCUT2D eigenvalue weighted by Gasteiger charge is 2.25. The fourth-order valence-electron chi connectivity index (χ4n) is 3.19. The Balaban J connectivity index is 1.51. The number of nitrogens with one attached hydrogen (secondary N) is 1. The number of urea groups is 1. The monoisotopic (exact) mass is 371 g/mol. The minimum absolute atomic E-state index is 0.0439. The summed E-state index contributed by atoms with van der Waals surface area (Å²) in [5.41, 5.74) is 2.99. The summed E-state index contributed by atoms with van der Waals surface area (Å²) in [5, 5.41) is 2.97. The molecule has 3 amide bonds. The molecule has 7 heteroatoms. The fraction of sp³-hybridized carbons (Fsp3) is 0.550. The van der Waals surface area contributed by atoms with Crippen molar-refractivity contribution in [1.82, 2.24) is 24.7 Å². The van der Waals surface area contributed by atoms with E-state index in [1.54, 1.807) is 11.2 Å². The summed E-state index contributed by atoms with van der Waals surface area (Å²) in [6.45, 7) is 9.20. The summed E-state index contributed by atoms with van der Waals surface area (Å²) in [7, 11) is 1.96. The number of benzene rings is 1. The molecule has 0 aliphatic carbocycles. The van der Waals surface area contributed by atoms with Crippen LogP contribution in [0.3, 0.4) is 0 Å². The molecule has 1 saturated heterocycles. The third kappa shape index (κ3) is 4.78. The van der Waals surface area contributed by atoms with E-state index in [0.717, 1.165) is 16.6 Å². The predicted molar refractivity (Wildman–Crippen MR) is 105 cm³/mol. The molecule has 2 aromatic rings. The number of fused-ring (bicyclic) bond motifs is 1. The Morgan fingerprint density at radius 3 is 2.44 bits per heavy atom. The van der Waals surface area contributed by atoms with Gasteiger partial charge in [-0.05, 0) is 23.1 Å². The number of carbonyl (C=O) groups is 2. The zero-order valence-corrected chi connectivity index (χ0v) is 16.7. The van der Waals surface area contributed by atoms with Gasteiger partial charge < -0.3 is 19.7 Å². The van der Waals surface area contributed by atoms with Crippen LogP contribution in [0.15, 0.2) is 24.5 Å². The number of hydrogen-bond acceptors (Lipinski definition) is 3. The molecule has 1 aromatic carbocycles. The Labute approximate surface area is 160 Å². The highest BCUT2D eigenvalue weighted by atomic mass is 16.2. The molecule has 2 heterocycles. The van der Waals surface area contributed by atoms with Gasteiger partial charge in [-0.2, -0.15) is 0 Å². The maximum atomic E-state index is 12.6. The zero-order valence-electron chi connectivity index (χ0n) is 16.7. The van der Waals surface area contributed by atoms with Crippen molar-refractivity contribution in [3.05, 3.63) is 30.1 Å². The second-order valence-electron chi connectivity index (χ2n) is 8.44. The lowest BCUT2D eigenvalue weighted by atomic mass is 9.97. The molecule has 1 N–H and O–H groups in total. The van der Waals surface area contributed by atoms with Crippen LogP contribution in [-0.4, -0.2) is 64.0 Å². The number of carbonyl (C=O) groups excluding carboxylic acids is 2. The van der Waals surface area contributed by atoms with E-state index in [2.05, 4.69) is 31.1 Å². The van der Waals surface area contributed by atoms with Crippen molar-refractivity contribution < 1.29 is 9.59 Å². The van der Waals surface area contributed by atoms with Crippen molar-refractivity contribution in [2.24, 2.45) is 12.5 Å². The highest BCUT2D eigenvalue weighted by molar-refractivity contribution is 5.82. The van der Waals surface area contributed by atoms with Crippen LogP contribution >= 0.6 is 0 Å². The molecule has 146 valence electrons. The summed E-state index contributed by atoms with van der Waals surface area (Å²) in [4.78, 5) is 32.8. The molecule has 0 spiro atoms. The first kappa shape index (κ1) is 19.2. The van der Waals surface area contributed by atoms with Crippen LogP contribution in [0.1, 0.15) is 26.3 Å². The van der Waals surface area contributed by atoms with Gasteiger partial charge in [-0.25, -0.2) is 9.78 Å². The maximum absolute atomic E-state index is 12.6. The van der Waals surface area contributed by atoms with Gasteiger partial charge in [-0.1, -0.05) is 26.8 Å². The topological polar surface area (TPSA) is 70.5 Å². The van der Waals surface area contributed by atoms with Gasteiger partial charge in [0.25, 0.3) is 0 Å². The van der Waals surface area contributed by atoms with Gasteiger partial charge in [-0.3, -0.25) is 4.79 Å². The van der Waals surface area contributed by atoms with Crippen LogP contribution in [0.4, 0.5) is 4.79 Å². The number of nitrogens with zero attached hydrogens (tertiary/aromatic N) is 4. The van der Waals surface area contributed by atoms with Gasteiger partial charge in [-0.15, -0.1) is 0 Å². The average molecular weight is 371 g/mol. The van der Waals surface area contributed by atoms with E-state index in [4.69, 9.17) is 0 Å². The lowest BCUT2D eigenvalue weighted by molar-refractivity contribution is -0.131. The molecule has 1 aliphatic rings. The Morgan fingerprint density at radius 1 is 1.11 bits per heavy atom. The van der Waals surface area contributed by atoms with E-state index in [1.807, 2.05) is 34.7 Å². The molecular formula is C20H29N5O2. The smallest absolute Gasteiger partial charge is 0.317 e. The van der Waals surface area contributed by atoms with Crippen molar-refractivity contribution in [2.45, 2.75) is 27.2 Å². The first-order valence-electron chi connectivity index (χ1n) is 9.43. The van der Waals surface area contributed by atoms with Gasteiger partial charge in [0, 0.05) is 39.8 Å². The van der Waals surface area contributed by atoms with Crippen molar-refractivity contribution in [1.29, 1.82) is 0 Å². The lowest BCUT2D eigenvalue weighted by Gasteiger charge is -2.35. The van der Waals surface area contributed by atoms with Crippen LogP contribution in [0.25, 0.3) is 11.0 Å². The zero-order chi connectivity index (χ0) is 19.6. The summed E-state index contributed by atoms with van der Waals surface area (Å²) in [6.07, 6.45) is 2.14. The molecule has 3 rings (SSSR count). The first-order valence-corrected chi connectivity index (χ1v) is 9.43. The molecule has 7 nitrogen and oxygen atoms in total. The molecule has 0 saturated carbocycles. The van der Waals surface area contributed by atoms with Crippen molar-refractivity contribution in [2.75, 3.05) is 32.7 Å². The molecule has 0 unspecified atom stereocenters. The number of hydrogen-bond donors (Lipinski definition) is 1. The van der Waals surface area contributed by atoms with Gasteiger partial charge >= 0.3 is 6.03 Å². The molecule has 0 radical (unpaired) electrons. The fourth-order valence-corrected chi connectivity index (χ4v) is 3.19. The quantitative estimate of drug-likeness (QED) is 0.897. The molecule has 27 heavy (non-hydrogen) atoms. The first-order chi connectivity index (χ1) is 12.7. The molecule has 1 aliphatic heterocycles. The number of aryl methyl sites for hydroxylation is 1. The Morgan fingerprint density at radius 2 is 1.78 bits per heavy atom. The van der Waals surface area contributed by atoms with Crippen molar-refractivity contribution in [3.63, 3.8) is 0 Å². The van der Waals surface area contributed by atoms with E-state index in [-0.39, 0.29) is 17.4 Å². The highest BCUT2D eigenvalue weighted by Crippen LogP contribution is 2.16. The normalized spacial score (nSPS) is 15.3. The van der Waals surface area contributed by atoms with E-state index in [0.29, 0.717) is 39.1 Å². The van der Waals surface area contributed by atoms with Crippen LogP contribution < -0.4 is 5.32 Å². The third-order valence-corrected chi connectivity index (χ3v) is 4.83. The number of piperazine rings is 1. The van der Waals surface area contributed by atoms with E-state index in [1.165, 1.54) is 0 Å². The van der Waals surface area contributed by atoms with Crippen LogP contribution in [-0.2, 0) is 18.3 Å². The summed E-state index contributed by atoms with van der Waals surface area (Å²) in [5.74, 6) is 0.0973. The second kappa shape index (κ2) is 7.58. The van der Waals surface area contributed by atoms with E-state index >= 15 is 0 Å². The number of amides is 3. The molecule has 0 bridgehead atoms. The molecule has 1 aromatic heterocycles. The standard InChI is InChI=1S/C20H29N5O2/c1-20(2,3)13-21-19(27)25-9-7-24(8-10-25)18(26)12-15-5-6-17-16(11-15)22-14-23(17)4/h5-6,11,14H,7-10,12-13H2,1-4H3,(H,21,27). The number of aromatic nitrogens is 2. The molecular weight excluding hydrogens is 342 g/mol. The van der Waals surface area contributed by atoms with Crippen LogP contribution in [0, 0.1) is 5.41 Å². The summed E-state index contributed by atoms with van der Waals surface area (Å²) in [6, 6.07) is 5.92. The third-order valence-electron chi connectivity index (χ3n) is 4.83. The Hall–Kier alpha value is -2.57. The molecule has 0 atom stereocenters. The second-order valence-corrected chi connectivity index (χ2v) is 8.44. The van der Waals surface area contributed by atoms with Crippen LogP contribution in [0.2, 0.25) is 0 Å². The summed E-state index contributed by atoms with van der Waals surface area (Å²) < 4.78 is 1.96. The maximum Gasteiger partial charge on any atom is 0.317 e. The largest absolute Gasteiger partial charge is 0.339 e. The summed E-state index contributed by atoms with van der Waals surface area (Å²) >= 11 is 0. The minimum Gasteiger partial charge on any atom is -0.339 e. The number of imidazole rings is 1. The predicted octanol–water partition coefficient (Wildman–Crippen LogP) is 2.02. The molecule has 1 fully saturated rings. The van der Waals surface area contributed by atoms with Crippen molar-refractivity contribution >= 4 is 23.0 Å². The van der Waals surface area contributed by atoms with E-state index < -0.39 is 0 Å². The Bertz CT molecular complexity index is 828. The number of rotatable bonds is 3. The van der Waals surface area contributed by atoms with Gasteiger partial charge in [0.15, 0.2) is 0 Å². The van der Waals surface area contributed by atoms with Crippen LogP contribution in [0.5, 0.6) is 0 Å². The van der Waals surface area contributed by atoms with Gasteiger partial charge in [0.2, 0.25) is 5.91 Å². The van der Waals surface area contributed by atoms with Gasteiger partial charge in [0.1, 0.15) is 0 Å². The average Bonchev–Trinajstić information content (AvgIpc) is 2.99. The Kier molecular flexibility index (Phi) is 5.39. The van der Waals surface area contributed by atoms with Crippen molar-refractivity contribution in [3.8, 4) is 0 Å². The lowest BCUT2D eigenvalue weighted by Crippen LogP contribution is -2.54.